The summed E-state index contributed by atoms with van der Waals surface area (Å²) in [5.74, 6) is 0.199. The van der Waals surface area contributed by atoms with E-state index < -0.39 is 49.0 Å². The van der Waals surface area contributed by atoms with Crippen molar-refractivity contribution in [2.45, 2.75) is 75.5 Å². The van der Waals surface area contributed by atoms with Crippen LogP contribution in [-0.2, 0) is 9.47 Å². The Morgan fingerprint density at radius 1 is 1.26 bits per heavy atom. The number of allylic oxidation sites excluding steroid dienone is 1. The number of aliphatic hydroxyl groups excluding tert-OH is 4. The molecule has 2 rings (SSSR count). The maximum atomic E-state index is 10.5. The van der Waals surface area contributed by atoms with Crippen LogP contribution in [0.2, 0.25) is 0 Å². The van der Waals surface area contributed by atoms with Crippen molar-refractivity contribution < 1.29 is 35.0 Å². The molecule has 0 amide bonds. The molecule has 7 heteroatoms. The molecule has 1 heterocycles. The Morgan fingerprint density at radius 3 is 2.48 bits per heavy atom. The van der Waals surface area contributed by atoms with Gasteiger partial charge in [0.15, 0.2) is 6.29 Å². The molecular weight excluding hydrogens is 304 g/mol. The Kier molecular flexibility index (Phi) is 5.84. The fourth-order valence-electron chi connectivity index (χ4n) is 3.25. The minimum atomic E-state index is -1.49. The third-order valence-electron chi connectivity index (χ3n) is 5.03. The van der Waals surface area contributed by atoms with Gasteiger partial charge in [-0.3, -0.25) is 0 Å². The van der Waals surface area contributed by atoms with Gasteiger partial charge < -0.3 is 35.0 Å². The summed E-state index contributed by atoms with van der Waals surface area (Å²) in [6, 6.07) is 0. The summed E-state index contributed by atoms with van der Waals surface area (Å²) in [6.45, 7) is 7.02. The van der Waals surface area contributed by atoms with E-state index in [0.29, 0.717) is 12.8 Å². The molecule has 8 unspecified atom stereocenters. The van der Waals surface area contributed by atoms with Gasteiger partial charge in [-0.15, -0.1) is 0 Å². The lowest BCUT2D eigenvalue weighted by atomic mass is 9.75. The van der Waals surface area contributed by atoms with Gasteiger partial charge in [0.2, 0.25) is 0 Å². The van der Waals surface area contributed by atoms with Crippen LogP contribution in [-0.4, -0.2) is 74.6 Å². The van der Waals surface area contributed by atoms with E-state index >= 15 is 0 Å². The zero-order valence-electron chi connectivity index (χ0n) is 13.6. The number of hydrogen-bond donors (Lipinski definition) is 5. The monoisotopic (exact) mass is 332 g/mol. The highest BCUT2D eigenvalue weighted by Gasteiger charge is 2.48. The maximum absolute atomic E-state index is 10.5. The van der Waals surface area contributed by atoms with Gasteiger partial charge in [-0.05, 0) is 39.0 Å². The van der Waals surface area contributed by atoms with Crippen molar-refractivity contribution >= 4 is 0 Å². The molecule has 1 saturated heterocycles. The van der Waals surface area contributed by atoms with Crippen molar-refractivity contribution in [3.63, 3.8) is 0 Å². The van der Waals surface area contributed by atoms with Crippen LogP contribution in [0, 0.1) is 5.92 Å². The summed E-state index contributed by atoms with van der Waals surface area (Å²) in [5.41, 5.74) is -0.0898. The average Bonchev–Trinajstić information content (AvgIpc) is 2.49. The number of aliphatic hydroxyl groups is 5. The topological polar surface area (TPSA) is 120 Å². The minimum absolute atomic E-state index is 0.199. The molecule has 5 N–H and O–H groups in total. The lowest BCUT2D eigenvalue weighted by molar-refractivity contribution is -0.326. The van der Waals surface area contributed by atoms with Gasteiger partial charge >= 0.3 is 0 Å². The Hall–Kier alpha value is -0.540. The van der Waals surface area contributed by atoms with E-state index in [2.05, 4.69) is 6.58 Å². The smallest absolute Gasteiger partial charge is 0.187 e. The van der Waals surface area contributed by atoms with Crippen LogP contribution in [0.3, 0.4) is 0 Å². The predicted molar refractivity (Wildman–Crippen MR) is 81.4 cm³/mol. The van der Waals surface area contributed by atoms with Crippen LogP contribution in [0.1, 0.15) is 33.1 Å². The summed E-state index contributed by atoms with van der Waals surface area (Å²) in [5, 5.41) is 49.4. The standard InChI is InChI=1S/C16H28O7/c1-8(2)9-4-5-16(3,21)11(6-9)23-15-14(20)13(19)12(18)10(7-17)22-15/h9-15,17-21H,1,4-7H2,2-3H3. The van der Waals surface area contributed by atoms with Gasteiger partial charge in [0.25, 0.3) is 0 Å². The Morgan fingerprint density at radius 2 is 1.91 bits per heavy atom. The van der Waals surface area contributed by atoms with Crippen LogP contribution in [0.25, 0.3) is 0 Å². The zero-order chi connectivity index (χ0) is 17.4. The molecule has 1 aliphatic heterocycles. The number of rotatable bonds is 4. The Balaban J connectivity index is 2.10. The molecule has 0 aromatic carbocycles. The quantitative estimate of drug-likeness (QED) is 0.432. The van der Waals surface area contributed by atoms with E-state index in [1.807, 2.05) is 6.92 Å². The second-order valence-electron chi connectivity index (χ2n) is 7.00. The normalized spacial score (nSPS) is 48.2. The van der Waals surface area contributed by atoms with E-state index in [-0.39, 0.29) is 5.92 Å². The van der Waals surface area contributed by atoms with Gasteiger partial charge in [-0.1, -0.05) is 12.2 Å². The van der Waals surface area contributed by atoms with Crippen molar-refractivity contribution in [3.8, 4) is 0 Å². The largest absolute Gasteiger partial charge is 0.394 e. The van der Waals surface area contributed by atoms with E-state index in [4.69, 9.17) is 9.47 Å². The summed E-state index contributed by atoms with van der Waals surface area (Å²) in [4.78, 5) is 0. The molecule has 0 aromatic rings. The highest BCUT2D eigenvalue weighted by atomic mass is 16.7. The van der Waals surface area contributed by atoms with Gasteiger partial charge in [-0.2, -0.15) is 0 Å². The molecule has 7 nitrogen and oxygen atoms in total. The van der Waals surface area contributed by atoms with E-state index in [0.717, 1.165) is 12.0 Å². The Labute approximate surface area is 136 Å². The lowest BCUT2D eigenvalue weighted by Crippen LogP contribution is -2.61. The van der Waals surface area contributed by atoms with E-state index in [1.165, 1.54) is 0 Å². The maximum Gasteiger partial charge on any atom is 0.187 e. The third-order valence-corrected chi connectivity index (χ3v) is 5.03. The van der Waals surface area contributed by atoms with Crippen LogP contribution < -0.4 is 0 Å². The second kappa shape index (κ2) is 7.14. The molecular formula is C16H28O7. The van der Waals surface area contributed by atoms with Crippen molar-refractivity contribution in [2.75, 3.05) is 6.61 Å². The fraction of sp³-hybridized carbons (Fsp3) is 0.875. The van der Waals surface area contributed by atoms with Crippen molar-refractivity contribution in [2.24, 2.45) is 5.92 Å². The van der Waals surface area contributed by atoms with Crippen molar-refractivity contribution in [3.05, 3.63) is 12.2 Å². The molecule has 2 fully saturated rings. The van der Waals surface area contributed by atoms with Gasteiger partial charge in [0.1, 0.15) is 24.4 Å². The molecule has 8 atom stereocenters. The highest BCUT2D eigenvalue weighted by molar-refractivity contribution is 5.04. The first-order valence-electron chi connectivity index (χ1n) is 8.01. The first kappa shape index (κ1) is 18.8. The molecule has 1 saturated carbocycles. The van der Waals surface area contributed by atoms with Crippen LogP contribution in [0.5, 0.6) is 0 Å². The zero-order valence-corrected chi connectivity index (χ0v) is 13.6. The highest BCUT2D eigenvalue weighted by Crippen LogP contribution is 2.38. The van der Waals surface area contributed by atoms with Crippen LogP contribution in [0.4, 0.5) is 0 Å². The van der Waals surface area contributed by atoms with E-state index in [9.17, 15) is 25.5 Å². The molecule has 1 aliphatic carbocycles. The SMILES string of the molecule is C=C(C)C1CCC(C)(O)C(OC2OC(CO)C(O)C(O)C2O)C1. The minimum Gasteiger partial charge on any atom is -0.394 e. The Bertz CT molecular complexity index is 423. The molecule has 0 bridgehead atoms. The fourth-order valence-corrected chi connectivity index (χ4v) is 3.25. The summed E-state index contributed by atoms with van der Waals surface area (Å²) in [7, 11) is 0. The third kappa shape index (κ3) is 3.93. The van der Waals surface area contributed by atoms with E-state index in [1.54, 1.807) is 6.92 Å². The lowest BCUT2D eigenvalue weighted by Gasteiger charge is -2.46. The summed E-state index contributed by atoms with van der Waals surface area (Å²) in [6.07, 6.45) is -5.40. The molecule has 0 spiro atoms. The molecule has 2 aliphatic rings. The molecule has 134 valence electrons. The van der Waals surface area contributed by atoms with Crippen molar-refractivity contribution in [1.82, 2.24) is 0 Å². The number of ether oxygens (including phenoxy) is 2. The summed E-state index contributed by atoms with van der Waals surface area (Å²) >= 11 is 0. The predicted octanol–water partition coefficient (Wildman–Crippen LogP) is -0.701. The molecule has 0 radical (unpaired) electrons. The van der Waals surface area contributed by atoms with Gasteiger partial charge in [0, 0.05) is 0 Å². The first-order valence-corrected chi connectivity index (χ1v) is 8.01. The first-order chi connectivity index (χ1) is 10.7. The number of hydrogen-bond acceptors (Lipinski definition) is 7. The average molecular weight is 332 g/mol. The van der Waals surface area contributed by atoms with Crippen LogP contribution >= 0.6 is 0 Å². The second-order valence-corrected chi connectivity index (χ2v) is 7.00. The van der Waals surface area contributed by atoms with Crippen LogP contribution in [0.15, 0.2) is 12.2 Å². The van der Waals surface area contributed by atoms with Gasteiger partial charge in [0.05, 0.1) is 18.3 Å². The molecule has 0 aromatic heterocycles. The summed E-state index contributed by atoms with van der Waals surface area (Å²) < 4.78 is 11.1. The van der Waals surface area contributed by atoms with Crippen molar-refractivity contribution in [1.29, 1.82) is 0 Å². The molecule has 23 heavy (non-hydrogen) atoms. The van der Waals surface area contributed by atoms with Gasteiger partial charge in [-0.25, -0.2) is 0 Å².